The van der Waals surface area contributed by atoms with Crippen molar-refractivity contribution in [2.24, 2.45) is 0 Å². The summed E-state index contributed by atoms with van der Waals surface area (Å²) in [6.45, 7) is 3.75. The van der Waals surface area contributed by atoms with Gasteiger partial charge in [-0.05, 0) is 31.6 Å². The normalized spacial score (nSPS) is 17.4. The molecule has 1 aromatic carbocycles. The predicted octanol–water partition coefficient (Wildman–Crippen LogP) is 3.10. The molecule has 1 heterocycles. The van der Waals surface area contributed by atoms with E-state index in [4.69, 9.17) is 14.2 Å². The molecular formula is C16H18F2O4. The van der Waals surface area contributed by atoms with E-state index in [1.807, 2.05) is 13.8 Å². The lowest BCUT2D eigenvalue weighted by atomic mass is 9.86. The van der Waals surface area contributed by atoms with Crippen LogP contribution in [0.3, 0.4) is 0 Å². The first kappa shape index (κ1) is 16.4. The molecule has 0 fully saturated rings. The second-order valence-corrected chi connectivity index (χ2v) is 5.62. The average molecular weight is 312 g/mol. The summed E-state index contributed by atoms with van der Waals surface area (Å²) in [5.41, 5.74) is 0.617. The van der Waals surface area contributed by atoms with Crippen LogP contribution in [-0.4, -0.2) is 32.4 Å². The van der Waals surface area contributed by atoms with E-state index in [1.165, 1.54) is 20.3 Å². The summed E-state index contributed by atoms with van der Waals surface area (Å²) < 4.78 is 42.7. The smallest absolute Gasteiger partial charge is 0.336 e. The maximum Gasteiger partial charge on any atom is 0.336 e. The van der Waals surface area contributed by atoms with Gasteiger partial charge < -0.3 is 14.2 Å². The Hall–Kier alpha value is -1.95. The van der Waals surface area contributed by atoms with Gasteiger partial charge in [0.1, 0.15) is 0 Å². The lowest BCUT2D eigenvalue weighted by molar-refractivity contribution is -0.137. The molecule has 0 bridgehead atoms. The molecule has 0 spiro atoms. The van der Waals surface area contributed by atoms with Crippen LogP contribution in [0.25, 0.3) is 5.57 Å². The van der Waals surface area contributed by atoms with Gasteiger partial charge in [0.05, 0.1) is 32.0 Å². The Balaban J connectivity index is 2.66. The summed E-state index contributed by atoms with van der Waals surface area (Å²) in [6.07, 6.45) is 0.346. The molecule has 4 nitrogen and oxygen atoms in total. The zero-order valence-corrected chi connectivity index (χ0v) is 13.0. The van der Waals surface area contributed by atoms with Gasteiger partial charge in [-0.15, -0.1) is 0 Å². The van der Waals surface area contributed by atoms with E-state index in [0.29, 0.717) is 17.6 Å². The van der Waals surface area contributed by atoms with Crippen molar-refractivity contribution in [3.8, 4) is 5.75 Å². The first-order valence-corrected chi connectivity index (χ1v) is 6.77. The molecule has 22 heavy (non-hydrogen) atoms. The van der Waals surface area contributed by atoms with Crippen LogP contribution >= 0.6 is 0 Å². The summed E-state index contributed by atoms with van der Waals surface area (Å²) in [6, 6.07) is 2.41. The van der Waals surface area contributed by atoms with Crippen LogP contribution in [0.1, 0.15) is 25.8 Å². The molecule has 0 atom stereocenters. The number of ether oxygens (including phenoxy) is 3. The van der Waals surface area contributed by atoms with Crippen LogP contribution in [0.15, 0.2) is 17.7 Å². The summed E-state index contributed by atoms with van der Waals surface area (Å²) in [7, 11) is 2.51. The first-order valence-electron chi connectivity index (χ1n) is 6.77. The summed E-state index contributed by atoms with van der Waals surface area (Å²) in [4.78, 5) is 11.9. The Kier molecular flexibility index (Phi) is 4.51. The number of benzene rings is 1. The maximum absolute atomic E-state index is 14.0. The molecule has 6 heteroatoms. The van der Waals surface area contributed by atoms with Gasteiger partial charge in [-0.1, -0.05) is 0 Å². The largest absolute Gasteiger partial charge is 0.493 e. The van der Waals surface area contributed by atoms with E-state index < -0.39 is 23.2 Å². The molecule has 0 amide bonds. The molecule has 0 radical (unpaired) electrons. The van der Waals surface area contributed by atoms with Crippen molar-refractivity contribution in [3.05, 3.63) is 34.9 Å². The van der Waals surface area contributed by atoms with Crippen LogP contribution < -0.4 is 4.74 Å². The molecule has 120 valence electrons. The van der Waals surface area contributed by atoms with Crippen molar-refractivity contribution < 1.29 is 27.8 Å². The third-order valence-corrected chi connectivity index (χ3v) is 3.59. The summed E-state index contributed by atoms with van der Waals surface area (Å²) in [5.74, 6) is -2.88. The van der Waals surface area contributed by atoms with Gasteiger partial charge in [0.2, 0.25) is 5.82 Å². The highest BCUT2D eigenvalue weighted by atomic mass is 19.2. The molecule has 1 aliphatic rings. The van der Waals surface area contributed by atoms with Gasteiger partial charge in [-0.2, -0.15) is 4.39 Å². The Labute approximate surface area is 127 Å². The fourth-order valence-corrected chi connectivity index (χ4v) is 2.47. The molecule has 1 aliphatic heterocycles. The van der Waals surface area contributed by atoms with Crippen LogP contribution in [0.4, 0.5) is 8.78 Å². The zero-order chi connectivity index (χ0) is 16.5. The minimum Gasteiger partial charge on any atom is -0.493 e. The summed E-state index contributed by atoms with van der Waals surface area (Å²) in [5, 5.41) is 0. The summed E-state index contributed by atoms with van der Waals surface area (Å²) >= 11 is 0. The van der Waals surface area contributed by atoms with Crippen LogP contribution in [0.2, 0.25) is 0 Å². The van der Waals surface area contributed by atoms with E-state index in [-0.39, 0.29) is 17.9 Å². The van der Waals surface area contributed by atoms with Gasteiger partial charge in [-0.3, -0.25) is 0 Å². The van der Waals surface area contributed by atoms with Crippen LogP contribution in [0.5, 0.6) is 5.75 Å². The maximum atomic E-state index is 14.0. The van der Waals surface area contributed by atoms with Gasteiger partial charge >= 0.3 is 5.97 Å². The number of rotatable bonds is 3. The number of halogens is 2. The second kappa shape index (κ2) is 6.04. The fourth-order valence-electron chi connectivity index (χ4n) is 2.47. The lowest BCUT2D eigenvalue weighted by Gasteiger charge is -2.33. The fraction of sp³-hybridized carbons (Fsp3) is 0.438. The van der Waals surface area contributed by atoms with Crippen molar-refractivity contribution in [1.82, 2.24) is 0 Å². The van der Waals surface area contributed by atoms with Crippen molar-refractivity contribution in [2.45, 2.75) is 25.9 Å². The van der Waals surface area contributed by atoms with Gasteiger partial charge in [0, 0.05) is 12.0 Å². The Bertz CT molecular complexity index is 635. The SMILES string of the molecule is COC(=O)C1=C(c2ccc(F)c(F)c2OC)CC(C)(C)OC1. The Morgan fingerprint density at radius 1 is 1.27 bits per heavy atom. The standard InChI is InChI=1S/C16H18F2O4/c1-16(2)7-10(11(8-22-16)15(19)21-4)9-5-6-12(17)13(18)14(9)20-3/h5-6H,7-8H2,1-4H3. The molecule has 1 aromatic rings. The topological polar surface area (TPSA) is 44.8 Å². The number of carbonyl (C=O) groups excluding carboxylic acids is 1. The molecule has 0 aromatic heterocycles. The highest BCUT2D eigenvalue weighted by Gasteiger charge is 2.33. The lowest BCUT2D eigenvalue weighted by Crippen LogP contribution is -2.33. The Morgan fingerprint density at radius 3 is 2.55 bits per heavy atom. The first-order chi connectivity index (χ1) is 10.3. The van der Waals surface area contributed by atoms with E-state index in [1.54, 1.807) is 0 Å². The molecule has 0 saturated heterocycles. The number of methoxy groups -OCH3 is 2. The van der Waals surface area contributed by atoms with Gasteiger partial charge in [0.15, 0.2) is 11.6 Å². The van der Waals surface area contributed by atoms with Crippen LogP contribution in [-0.2, 0) is 14.3 Å². The van der Waals surface area contributed by atoms with E-state index in [0.717, 1.165) is 6.07 Å². The second-order valence-electron chi connectivity index (χ2n) is 5.62. The minimum atomic E-state index is -1.08. The van der Waals surface area contributed by atoms with Crippen molar-refractivity contribution in [3.63, 3.8) is 0 Å². The molecule has 0 aliphatic carbocycles. The van der Waals surface area contributed by atoms with E-state index in [9.17, 15) is 13.6 Å². The van der Waals surface area contributed by atoms with Gasteiger partial charge in [0.25, 0.3) is 0 Å². The molecular weight excluding hydrogens is 294 g/mol. The molecule has 0 unspecified atom stereocenters. The predicted molar refractivity (Wildman–Crippen MR) is 76.5 cm³/mol. The van der Waals surface area contributed by atoms with Crippen molar-refractivity contribution in [1.29, 1.82) is 0 Å². The zero-order valence-electron chi connectivity index (χ0n) is 13.0. The number of hydrogen-bond donors (Lipinski definition) is 0. The van der Waals surface area contributed by atoms with Crippen molar-refractivity contribution >= 4 is 11.5 Å². The molecule has 0 N–H and O–H groups in total. The monoisotopic (exact) mass is 312 g/mol. The third-order valence-electron chi connectivity index (χ3n) is 3.59. The number of esters is 1. The highest BCUT2D eigenvalue weighted by Crippen LogP contribution is 2.40. The van der Waals surface area contributed by atoms with Gasteiger partial charge in [-0.25, -0.2) is 9.18 Å². The average Bonchev–Trinajstić information content (AvgIpc) is 2.48. The van der Waals surface area contributed by atoms with E-state index >= 15 is 0 Å². The van der Waals surface area contributed by atoms with Crippen molar-refractivity contribution in [2.75, 3.05) is 20.8 Å². The van der Waals surface area contributed by atoms with Crippen LogP contribution in [0, 0.1) is 11.6 Å². The third kappa shape index (κ3) is 2.97. The Morgan fingerprint density at radius 2 is 1.95 bits per heavy atom. The quantitative estimate of drug-likeness (QED) is 0.805. The molecule has 2 rings (SSSR count). The minimum absolute atomic E-state index is 0.0388. The highest BCUT2D eigenvalue weighted by molar-refractivity contribution is 5.99. The van der Waals surface area contributed by atoms with E-state index in [2.05, 4.69) is 0 Å². The number of hydrogen-bond acceptors (Lipinski definition) is 4. The molecule has 0 saturated carbocycles. The number of carbonyl (C=O) groups is 1.